The summed E-state index contributed by atoms with van der Waals surface area (Å²) in [6.07, 6.45) is 3.13. The first-order valence-electron chi connectivity index (χ1n) is 7.01. The maximum absolute atomic E-state index is 10.8. The van der Waals surface area contributed by atoms with Gasteiger partial charge < -0.3 is 27.1 Å². The van der Waals surface area contributed by atoms with Crippen LogP contribution in [0.25, 0.3) is 0 Å². The van der Waals surface area contributed by atoms with Crippen molar-refractivity contribution in [2.24, 2.45) is 0 Å². The number of hydrogen-bond acceptors (Lipinski definition) is 4. The van der Waals surface area contributed by atoms with Crippen LogP contribution in [0, 0.1) is 6.92 Å². The Morgan fingerprint density at radius 1 is 1.48 bits per heavy atom. The summed E-state index contributed by atoms with van der Waals surface area (Å²) in [5, 5.41) is 6.23. The number of benzene rings is 1. The number of ether oxygens (including phenoxy) is 1. The van der Waals surface area contributed by atoms with Crippen molar-refractivity contribution in [3.63, 3.8) is 0 Å². The van der Waals surface area contributed by atoms with Gasteiger partial charge in [0.2, 0.25) is 0 Å². The molecule has 6 heteroatoms. The molecule has 2 aliphatic heterocycles. The number of hydrogen-bond donors (Lipinski definition) is 2. The molecule has 1 aromatic rings. The summed E-state index contributed by atoms with van der Waals surface area (Å²) in [5.41, 5.74) is 3.99. The van der Waals surface area contributed by atoms with Crippen LogP contribution < -0.4 is 15.4 Å². The van der Waals surface area contributed by atoms with E-state index >= 15 is 0 Å². The van der Waals surface area contributed by atoms with Crippen LogP contribution in [0.1, 0.15) is 29.9 Å². The van der Waals surface area contributed by atoms with Gasteiger partial charge in [-0.25, -0.2) is 0 Å². The molecular formula is C15H19N2O3Pt-. The third kappa shape index (κ3) is 3.65. The molecule has 21 heavy (non-hydrogen) atoms. The summed E-state index contributed by atoms with van der Waals surface area (Å²) >= 11 is 0.889. The minimum atomic E-state index is -0.204. The third-order valence-corrected chi connectivity index (χ3v) is 3.90. The second-order valence-electron chi connectivity index (χ2n) is 5.17. The Balaban J connectivity index is 0.000000774. The van der Waals surface area contributed by atoms with Gasteiger partial charge in [0.05, 0.1) is 12.5 Å². The van der Waals surface area contributed by atoms with Crippen LogP contribution in [-0.2, 0) is 34.4 Å². The molecule has 0 bridgehead atoms. The fourth-order valence-corrected chi connectivity index (χ4v) is 3.06. The van der Waals surface area contributed by atoms with Crippen LogP contribution in [0.4, 0.5) is 5.69 Å². The zero-order valence-corrected chi connectivity index (χ0v) is 14.0. The molecule has 1 aromatic carbocycles. The second kappa shape index (κ2) is 7.60. The minimum absolute atomic E-state index is 0.204. The number of amides is 1. The van der Waals surface area contributed by atoms with Crippen molar-refractivity contribution in [3.05, 3.63) is 30.2 Å². The molecule has 2 N–H and O–H groups in total. The van der Waals surface area contributed by atoms with Crippen LogP contribution in [-0.4, -0.2) is 25.6 Å². The molecule has 0 aromatic heterocycles. The number of carbonyl (C=O) groups excluding carboxylic acids is 1. The SMILES string of the molecule is [CH2-]C(=O)NCCC1CNc2ccc3c(c21)CCCO3.[O]=[Pt]. The normalized spacial score (nSPS) is 18.3. The van der Waals surface area contributed by atoms with Crippen molar-refractivity contribution in [2.45, 2.75) is 25.2 Å². The monoisotopic (exact) mass is 470 g/mol. The first-order chi connectivity index (χ1) is 10.3. The molecule has 1 unspecified atom stereocenters. The fraction of sp³-hybridized carbons (Fsp3) is 0.467. The van der Waals surface area contributed by atoms with Gasteiger partial charge in [0.1, 0.15) is 5.75 Å². The predicted octanol–water partition coefficient (Wildman–Crippen LogP) is 1.74. The van der Waals surface area contributed by atoms with Crippen molar-refractivity contribution in [3.8, 4) is 5.75 Å². The Bertz CT molecular complexity index is 522. The van der Waals surface area contributed by atoms with E-state index in [4.69, 9.17) is 8.13 Å². The van der Waals surface area contributed by atoms with Gasteiger partial charge >= 0.3 is 23.2 Å². The van der Waals surface area contributed by atoms with Crippen molar-refractivity contribution in [1.82, 2.24) is 5.32 Å². The van der Waals surface area contributed by atoms with Gasteiger partial charge in [-0.2, -0.15) is 0 Å². The molecule has 0 spiro atoms. The average molecular weight is 470 g/mol. The molecule has 1 amide bonds. The summed E-state index contributed by atoms with van der Waals surface area (Å²) in [5.74, 6) is 1.29. The number of carbonyl (C=O) groups is 1. The Labute approximate surface area is 136 Å². The summed E-state index contributed by atoms with van der Waals surface area (Å²) < 4.78 is 14.0. The van der Waals surface area contributed by atoms with E-state index in [1.165, 1.54) is 16.8 Å². The number of rotatable bonds is 3. The quantitative estimate of drug-likeness (QED) is 0.661. The van der Waals surface area contributed by atoms with Gasteiger partial charge in [0.15, 0.2) is 0 Å². The first-order valence-corrected chi connectivity index (χ1v) is 7.93. The molecule has 118 valence electrons. The summed E-state index contributed by atoms with van der Waals surface area (Å²) in [7, 11) is 0. The summed E-state index contributed by atoms with van der Waals surface area (Å²) in [6, 6.07) is 4.18. The van der Waals surface area contributed by atoms with Crippen molar-refractivity contribution >= 4 is 11.6 Å². The van der Waals surface area contributed by atoms with E-state index in [2.05, 4.69) is 29.7 Å². The fourth-order valence-electron chi connectivity index (χ4n) is 3.06. The van der Waals surface area contributed by atoms with Crippen molar-refractivity contribution in [2.75, 3.05) is 25.0 Å². The molecule has 0 fully saturated rings. The number of anilines is 1. The molecule has 0 saturated heterocycles. The molecule has 2 heterocycles. The molecule has 3 rings (SSSR count). The molecule has 0 saturated carbocycles. The molecule has 0 radical (unpaired) electrons. The standard InChI is InChI=1S/C15H19N2O2.O.Pt/c1-10(18)16-7-6-11-9-17-13-4-5-14-12(15(11)13)3-2-8-19-14;;/h4-5,11,17H,1-3,6-9H2,(H,16,18);;/q-1;;. The molecule has 2 aliphatic rings. The van der Waals surface area contributed by atoms with Crippen LogP contribution >= 0.6 is 0 Å². The Morgan fingerprint density at radius 2 is 2.29 bits per heavy atom. The van der Waals surface area contributed by atoms with Gasteiger partial charge in [-0.05, 0) is 42.5 Å². The van der Waals surface area contributed by atoms with E-state index in [0.717, 1.165) is 57.9 Å². The third-order valence-electron chi connectivity index (χ3n) is 3.90. The van der Waals surface area contributed by atoms with Crippen LogP contribution in [0.15, 0.2) is 12.1 Å². The second-order valence-corrected chi connectivity index (χ2v) is 5.17. The maximum atomic E-state index is 10.8. The van der Waals surface area contributed by atoms with Crippen molar-refractivity contribution in [1.29, 1.82) is 0 Å². The van der Waals surface area contributed by atoms with E-state index in [0.29, 0.717) is 12.5 Å². The van der Waals surface area contributed by atoms with Gasteiger partial charge in [-0.1, -0.05) is 0 Å². The molecule has 0 aliphatic carbocycles. The van der Waals surface area contributed by atoms with E-state index < -0.39 is 0 Å². The summed E-state index contributed by atoms with van der Waals surface area (Å²) in [6.45, 7) is 5.77. The average Bonchev–Trinajstić information content (AvgIpc) is 2.93. The topological polar surface area (TPSA) is 67.4 Å². The van der Waals surface area contributed by atoms with Crippen LogP contribution in [0.5, 0.6) is 5.75 Å². The van der Waals surface area contributed by atoms with E-state index in [-0.39, 0.29) is 5.91 Å². The van der Waals surface area contributed by atoms with Gasteiger partial charge in [0, 0.05) is 24.7 Å². The van der Waals surface area contributed by atoms with Crippen molar-refractivity contribution < 1.29 is 32.7 Å². The van der Waals surface area contributed by atoms with E-state index in [1.54, 1.807) is 0 Å². The van der Waals surface area contributed by atoms with Gasteiger partial charge in [-0.3, -0.25) is 0 Å². The van der Waals surface area contributed by atoms with Gasteiger partial charge in [-0.15, -0.1) is 0 Å². The predicted molar refractivity (Wildman–Crippen MR) is 75.2 cm³/mol. The molecular weight excluding hydrogens is 451 g/mol. The summed E-state index contributed by atoms with van der Waals surface area (Å²) in [4.78, 5) is 10.8. The van der Waals surface area contributed by atoms with E-state index in [9.17, 15) is 4.79 Å². The zero-order chi connectivity index (χ0) is 15.2. The molecule has 5 nitrogen and oxygen atoms in total. The molecule has 1 atom stereocenters. The number of nitrogens with one attached hydrogen (secondary N) is 2. The van der Waals surface area contributed by atoms with Crippen LogP contribution in [0.2, 0.25) is 0 Å². The Morgan fingerprint density at radius 3 is 3.05 bits per heavy atom. The van der Waals surface area contributed by atoms with Crippen LogP contribution in [0.3, 0.4) is 0 Å². The van der Waals surface area contributed by atoms with E-state index in [1.807, 2.05) is 0 Å². The Hall–Kier alpha value is -1.35. The van der Waals surface area contributed by atoms with Gasteiger partial charge in [0.25, 0.3) is 0 Å². The Kier molecular flexibility index (Phi) is 5.80. The number of fused-ring (bicyclic) bond motifs is 3. The zero-order valence-electron chi connectivity index (χ0n) is 11.7. The first kappa shape index (κ1) is 16.0.